The third-order valence-corrected chi connectivity index (χ3v) is 5.46. The Bertz CT molecular complexity index is 1240. The van der Waals surface area contributed by atoms with Crippen LogP contribution in [-0.4, -0.2) is 34.8 Å². The molecule has 0 amide bonds. The van der Waals surface area contributed by atoms with E-state index in [0.717, 1.165) is 22.3 Å². The van der Waals surface area contributed by atoms with E-state index >= 15 is 0 Å². The van der Waals surface area contributed by atoms with Gasteiger partial charge in [-0.3, -0.25) is 0 Å². The maximum atomic E-state index is 10.3. The molecule has 0 unspecified atom stereocenters. The maximum Gasteiger partial charge on any atom is 4.00 e. The van der Waals surface area contributed by atoms with Gasteiger partial charge in [0.25, 0.3) is 0 Å². The van der Waals surface area contributed by atoms with Crippen LogP contribution in [-0.2, 0) is 0 Å². The summed E-state index contributed by atoms with van der Waals surface area (Å²) in [6.07, 6.45) is 0. The monoisotopic (exact) mass is 568 g/mol. The predicted octanol–water partition coefficient (Wildman–Crippen LogP) is 1.05. The van der Waals surface area contributed by atoms with Crippen molar-refractivity contribution in [3.8, 4) is 0 Å². The minimum Gasteiger partial charge on any atom is -0.545 e. The van der Waals surface area contributed by atoms with Gasteiger partial charge in [-0.25, -0.2) is 0 Å². The Balaban J connectivity index is 0.000000516. The van der Waals surface area contributed by atoms with Crippen molar-refractivity contribution >= 4 is 34.8 Å². The molecular weight excluding hydrogens is 540 g/mol. The van der Waals surface area contributed by atoms with Crippen molar-refractivity contribution in [2.45, 2.75) is 27.7 Å². The molecule has 0 heterocycles. The SMILES string of the molecule is Cc1ccccc1C(=O)[O-].Cc1ccccc1C(=O)[O-].Cc1ccccc1C(=O)[O-].Cc1ccccc1C(=O)[O-].[Si+4]. The van der Waals surface area contributed by atoms with Crippen LogP contribution in [0.5, 0.6) is 0 Å². The van der Waals surface area contributed by atoms with E-state index in [1.807, 2.05) is 0 Å². The van der Waals surface area contributed by atoms with E-state index in [4.69, 9.17) is 0 Å². The van der Waals surface area contributed by atoms with Crippen molar-refractivity contribution in [2.24, 2.45) is 0 Å². The molecule has 0 aromatic heterocycles. The van der Waals surface area contributed by atoms with Gasteiger partial charge in [0, 0.05) is 22.3 Å². The van der Waals surface area contributed by atoms with E-state index in [0.29, 0.717) is 0 Å². The third-order valence-electron chi connectivity index (χ3n) is 5.46. The number of carbonyl (C=O) groups excluding carboxylic acids is 4. The van der Waals surface area contributed by atoms with Crippen LogP contribution in [0.1, 0.15) is 63.7 Å². The largest absolute Gasteiger partial charge is 4.00 e. The van der Waals surface area contributed by atoms with E-state index < -0.39 is 23.9 Å². The van der Waals surface area contributed by atoms with Crippen LogP contribution in [0.3, 0.4) is 0 Å². The number of hydrogen-bond donors (Lipinski definition) is 0. The molecule has 0 atom stereocenters. The molecule has 9 heteroatoms. The van der Waals surface area contributed by atoms with Gasteiger partial charge in [-0.05, 0) is 49.9 Å². The second-order valence-corrected chi connectivity index (χ2v) is 8.41. The van der Waals surface area contributed by atoms with E-state index in [1.54, 1.807) is 100 Å². The molecule has 0 radical (unpaired) electrons. The number of carboxylic acid groups (broad SMARTS) is 4. The minimum atomic E-state index is -1.11. The molecule has 8 nitrogen and oxygen atoms in total. The molecule has 0 spiro atoms. The standard InChI is InChI=1S/4C8H8O2.Si/c4*1-6-4-2-3-5-7(6)8(9)10;/h4*2-5H,1H3,(H,9,10);/q;;;;+4/p-4. The zero-order valence-corrected chi connectivity index (χ0v) is 24.0. The van der Waals surface area contributed by atoms with Crippen LogP contribution in [0.2, 0.25) is 0 Å². The van der Waals surface area contributed by atoms with Crippen molar-refractivity contribution in [3.05, 3.63) is 142 Å². The number of rotatable bonds is 4. The fraction of sp³-hybridized carbons (Fsp3) is 0.125. The van der Waals surface area contributed by atoms with E-state index in [9.17, 15) is 39.6 Å². The van der Waals surface area contributed by atoms with Crippen molar-refractivity contribution < 1.29 is 39.6 Å². The summed E-state index contributed by atoms with van der Waals surface area (Å²) in [6.45, 7) is 6.96. The molecule has 0 fully saturated rings. The minimum absolute atomic E-state index is 0. The first-order chi connectivity index (χ1) is 18.9. The molecule has 0 aliphatic rings. The number of aromatic carboxylic acids is 4. The Morgan fingerprint density at radius 2 is 0.512 bits per heavy atom. The molecule has 0 saturated heterocycles. The second kappa shape index (κ2) is 18.3. The zero-order chi connectivity index (χ0) is 30.2. The normalized spacial score (nSPS) is 9.07. The summed E-state index contributed by atoms with van der Waals surface area (Å²) in [4.78, 5) is 41.2. The number of carbonyl (C=O) groups is 4. The third kappa shape index (κ3) is 12.6. The van der Waals surface area contributed by atoms with Gasteiger partial charge in [0.2, 0.25) is 0 Å². The van der Waals surface area contributed by atoms with Crippen molar-refractivity contribution in [2.75, 3.05) is 0 Å². The molecule has 4 aromatic rings. The first-order valence-electron chi connectivity index (χ1n) is 11.9. The summed E-state index contributed by atoms with van der Waals surface area (Å²) < 4.78 is 0. The fourth-order valence-corrected chi connectivity index (χ4v) is 3.21. The summed E-state index contributed by atoms with van der Waals surface area (Å²) in [7, 11) is 0. The average molecular weight is 569 g/mol. The summed E-state index contributed by atoms with van der Waals surface area (Å²) in [6, 6.07) is 27.0. The van der Waals surface area contributed by atoms with Gasteiger partial charge in [0.1, 0.15) is 0 Å². The van der Waals surface area contributed by atoms with Gasteiger partial charge in [-0.15, -0.1) is 0 Å². The van der Waals surface area contributed by atoms with E-state index in [2.05, 4.69) is 0 Å². The van der Waals surface area contributed by atoms with Gasteiger partial charge in [-0.2, -0.15) is 0 Å². The molecule has 41 heavy (non-hydrogen) atoms. The Labute approximate surface area is 243 Å². The average Bonchev–Trinajstić information content (AvgIpc) is 2.90. The first kappa shape index (κ1) is 36.0. The molecule has 0 bridgehead atoms. The Kier molecular flexibility index (Phi) is 16.1. The number of hydrogen-bond acceptors (Lipinski definition) is 8. The zero-order valence-electron chi connectivity index (χ0n) is 23.0. The predicted molar refractivity (Wildman–Crippen MR) is 148 cm³/mol. The number of aryl methyl sites for hydroxylation is 4. The Morgan fingerprint density at radius 3 is 0.610 bits per heavy atom. The van der Waals surface area contributed by atoms with E-state index in [-0.39, 0.29) is 33.2 Å². The molecule has 0 aliphatic carbocycles. The first-order valence-corrected chi connectivity index (χ1v) is 11.9. The maximum absolute atomic E-state index is 10.3. The summed E-state index contributed by atoms with van der Waals surface area (Å²) in [5, 5.41) is 41.2. The smallest absolute Gasteiger partial charge is 0.545 e. The molecule has 0 saturated carbocycles. The fourth-order valence-electron chi connectivity index (χ4n) is 3.21. The summed E-state index contributed by atoms with van der Waals surface area (Å²) >= 11 is 0. The van der Waals surface area contributed by atoms with Crippen molar-refractivity contribution in [3.63, 3.8) is 0 Å². The van der Waals surface area contributed by atoms with E-state index in [1.165, 1.54) is 24.3 Å². The van der Waals surface area contributed by atoms with Gasteiger partial charge in [-0.1, -0.05) is 97.1 Å². The summed E-state index contributed by atoms with van der Waals surface area (Å²) in [5.41, 5.74) is 4.02. The molecule has 4 rings (SSSR count). The molecule has 0 aliphatic heterocycles. The van der Waals surface area contributed by atoms with Crippen LogP contribution in [0.15, 0.2) is 97.1 Å². The van der Waals surface area contributed by atoms with Crippen LogP contribution >= 0.6 is 0 Å². The Morgan fingerprint density at radius 1 is 0.366 bits per heavy atom. The van der Waals surface area contributed by atoms with Gasteiger partial charge < -0.3 is 39.6 Å². The molecule has 0 N–H and O–H groups in total. The molecule has 4 aromatic carbocycles. The number of benzene rings is 4. The second-order valence-electron chi connectivity index (χ2n) is 8.41. The van der Waals surface area contributed by atoms with Crippen LogP contribution in [0.4, 0.5) is 0 Å². The van der Waals surface area contributed by atoms with Gasteiger partial charge in [0.05, 0.1) is 23.9 Å². The van der Waals surface area contributed by atoms with Crippen LogP contribution in [0.25, 0.3) is 0 Å². The van der Waals surface area contributed by atoms with Crippen molar-refractivity contribution in [1.29, 1.82) is 0 Å². The molecule has 208 valence electrons. The van der Waals surface area contributed by atoms with Gasteiger partial charge in [0.15, 0.2) is 0 Å². The van der Waals surface area contributed by atoms with Crippen molar-refractivity contribution in [1.82, 2.24) is 0 Å². The Hall–Kier alpha value is -5.02. The van der Waals surface area contributed by atoms with Crippen LogP contribution in [0, 0.1) is 27.7 Å². The quantitative estimate of drug-likeness (QED) is 0.330. The topological polar surface area (TPSA) is 161 Å². The molecular formula is C32H28O8Si. The van der Waals surface area contributed by atoms with Gasteiger partial charge >= 0.3 is 11.0 Å². The number of carboxylic acids is 4. The summed E-state index contributed by atoms with van der Waals surface area (Å²) in [5.74, 6) is -4.45. The van der Waals surface area contributed by atoms with Crippen LogP contribution < -0.4 is 20.4 Å².